The first kappa shape index (κ1) is 20.1. The molecule has 5 rings (SSSR count). The zero-order chi connectivity index (χ0) is 21.1. The zero-order valence-corrected chi connectivity index (χ0v) is 18.0. The highest BCUT2D eigenvalue weighted by molar-refractivity contribution is 5.76. The van der Waals surface area contributed by atoms with E-state index in [-0.39, 0.29) is 22.3 Å². The third kappa shape index (κ3) is 2.95. The molecule has 1 aromatic heterocycles. The van der Waals surface area contributed by atoms with Gasteiger partial charge in [-0.05, 0) is 90.2 Å². The smallest absolute Gasteiger partial charge is 0.265 e. The van der Waals surface area contributed by atoms with Crippen LogP contribution in [0.5, 0.6) is 0 Å². The van der Waals surface area contributed by atoms with Crippen molar-refractivity contribution >= 4 is 11.5 Å². The van der Waals surface area contributed by atoms with Crippen LogP contribution in [-0.4, -0.2) is 17.4 Å². The van der Waals surface area contributed by atoms with Crippen molar-refractivity contribution in [3.8, 4) is 0 Å². The number of alkyl halides is 2. The van der Waals surface area contributed by atoms with Gasteiger partial charge in [-0.2, -0.15) is 0 Å². The largest absolute Gasteiger partial charge is 0.356 e. The van der Waals surface area contributed by atoms with Crippen molar-refractivity contribution in [1.29, 1.82) is 0 Å². The van der Waals surface area contributed by atoms with E-state index >= 15 is 0 Å². The maximum Gasteiger partial charge on any atom is 0.265 e. The Kier molecular flexibility index (Phi) is 4.79. The van der Waals surface area contributed by atoms with Gasteiger partial charge >= 0.3 is 0 Å². The van der Waals surface area contributed by atoms with Crippen LogP contribution < -0.4 is 5.32 Å². The average molecular weight is 415 g/mol. The van der Waals surface area contributed by atoms with Gasteiger partial charge in [-0.1, -0.05) is 19.9 Å². The Morgan fingerprint density at radius 2 is 1.97 bits per heavy atom. The number of aromatic nitrogens is 1. The summed E-state index contributed by atoms with van der Waals surface area (Å²) in [7, 11) is 0. The van der Waals surface area contributed by atoms with Gasteiger partial charge in [0, 0.05) is 30.9 Å². The first-order chi connectivity index (χ1) is 14.3. The number of hydrogen-bond donors (Lipinski definition) is 1. The van der Waals surface area contributed by atoms with Gasteiger partial charge in [0.1, 0.15) is 0 Å². The molecule has 1 amide bonds. The molecule has 6 atom stereocenters. The van der Waals surface area contributed by atoms with Gasteiger partial charge in [0.2, 0.25) is 5.91 Å². The molecule has 162 valence electrons. The average Bonchev–Trinajstić information content (AvgIpc) is 2.99. The number of amides is 1. The van der Waals surface area contributed by atoms with Gasteiger partial charge in [-0.15, -0.1) is 0 Å². The van der Waals surface area contributed by atoms with E-state index in [4.69, 9.17) is 0 Å². The molecular weight excluding hydrogens is 382 g/mol. The molecule has 1 aromatic rings. The number of allylic oxidation sites excluding steroid dienone is 2. The summed E-state index contributed by atoms with van der Waals surface area (Å²) in [6, 6.07) is 1.64. The standard InChI is InChI=1S/C25H32F2N2O/c1-24-9-10-29-22(30)12-17(24)3-4-18-20-6-5-19(25(20,2)8-7-21(18)24)15-11-16(23(26)27)14-28-13-15/h5,11,13-14,17-18,20-21,23H,3-4,6-10,12H2,1-2H3,(H,29,30)/t17?,18?,20?,21?,24-,25+/m0/s1. The number of carbonyl (C=O) groups is 1. The molecule has 0 spiro atoms. The van der Waals surface area contributed by atoms with E-state index in [0.29, 0.717) is 30.1 Å². The molecular formula is C25H32F2N2O. The molecule has 4 unspecified atom stereocenters. The monoisotopic (exact) mass is 414 g/mol. The fourth-order valence-electron chi connectivity index (χ4n) is 7.77. The normalized spacial score (nSPS) is 40.7. The molecule has 1 saturated heterocycles. The molecule has 0 bridgehead atoms. The van der Waals surface area contributed by atoms with Crippen LogP contribution in [0, 0.1) is 34.5 Å². The van der Waals surface area contributed by atoms with Gasteiger partial charge in [-0.3, -0.25) is 9.78 Å². The number of hydrogen-bond acceptors (Lipinski definition) is 2. The lowest BCUT2D eigenvalue weighted by Gasteiger charge is -2.58. The van der Waals surface area contributed by atoms with Gasteiger partial charge in [0.15, 0.2) is 0 Å². The molecule has 4 aliphatic rings. The topological polar surface area (TPSA) is 42.0 Å². The van der Waals surface area contributed by atoms with Crippen LogP contribution >= 0.6 is 0 Å². The van der Waals surface area contributed by atoms with Crippen molar-refractivity contribution in [1.82, 2.24) is 10.3 Å². The fourth-order valence-corrected chi connectivity index (χ4v) is 7.77. The zero-order valence-electron chi connectivity index (χ0n) is 18.0. The number of carbonyl (C=O) groups excluding carboxylic acids is 1. The summed E-state index contributed by atoms with van der Waals surface area (Å²) >= 11 is 0. The highest BCUT2D eigenvalue weighted by atomic mass is 19.3. The quantitative estimate of drug-likeness (QED) is 0.666. The van der Waals surface area contributed by atoms with Crippen molar-refractivity contribution in [3.63, 3.8) is 0 Å². The molecule has 2 saturated carbocycles. The Morgan fingerprint density at radius 1 is 1.13 bits per heavy atom. The van der Waals surface area contributed by atoms with Gasteiger partial charge in [-0.25, -0.2) is 8.78 Å². The van der Waals surface area contributed by atoms with Crippen LogP contribution in [0.3, 0.4) is 0 Å². The third-order valence-electron chi connectivity index (χ3n) is 9.39. The maximum atomic E-state index is 13.3. The lowest BCUT2D eigenvalue weighted by Crippen LogP contribution is -2.51. The van der Waals surface area contributed by atoms with E-state index in [2.05, 4.69) is 30.2 Å². The summed E-state index contributed by atoms with van der Waals surface area (Å²) in [6.45, 7) is 5.59. The number of rotatable bonds is 2. The second-order valence-electron chi connectivity index (χ2n) is 10.6. The molecule has 5 heteroatoms. The lowest BCUT2D eigenvalue weighted by atomic mass is 9.46. The fraction of sp³-hybridized carbons (Fsp3) is 0.680. The Labute approximate surface area is 177 Å². The minimum absolute atomic E-state index is 0.0118. The van der Waals surface area contributed by atoms with Crippen molar-refractivity contribution < 1.29 is 13.6 Å². The molecule has 3 nitrogen and oxygen atoms in total. The minimum atomic E-state index is -2.49. The molecule has 0 radical (unpaired) electrons. The molecule has 3 fully saturated rings. The van der Waals surface area contributed by atoms with Crippen LogP contribution in [0.4, 0.5) is 8.78 Å². The molecule has 1 aliphatic heterocycles. The van der Waals surface area contributed by atoms with Crippen molar-refractivity contribution in [3.05, 3.63) is 35.7 Å². The number of halogens is 2. The number of nitrogens with one attached hydrogen (secondary N) is 1. The number of pyridine rings is 1. The van der Waals surface area contributed by atoms with Crippen molar-refractivity contribution in [2.24, 2.45) is 34.5 Å². The predicted molar refractivity (Wildman–Crippen MR) is 113 cm³/mol. The Balaban J connectivity index is 1.44. The first-order valence-corrected chi connectivity index (χ1v) is 11.5. The van der Waals surface area contributed by atoms with Gasteiger partial charge in [0.25, 0.3) is 6.43 Å². The Hall–Kier alpha value is -1.78. The van der Waals surface area contributed by atoms with Crippen LogP contribution in [0.2, 0.25) is 0 Å². The molecule has 3 aliphatic carbocycles. The molecule has 1 N–H and O–H groups in total. The van der Waals surface area contributed by atoms with Gasteiger partial charge < -0.3 is 5.32 Å². The summed E-state index contributed by atoms with van der Waals surface area (Å²) in [5.74, 6) is 2.58. The number of nitrogens with zero attached hydrogens (tertiary/aromatic N) is 1. The van der Waals surface area contributed by atoms with Crippen LogP contribution in [0.25, 0.3) is 5.57 Å². The summed E-state index contributed by atoms with van der Waals surface area (Å²) in [6.07, 6.45) is 10.2. The van der Waals surface area contributed by atoms with E-state index in [1.165, 1.54) is 18.2 Å². The first-order valence-electron chi connectivity index (χ1n) is 11.5. The second kappa shape index (κ2) is 7.13. The number of fused-ring (bicyclic) bond motifs is 5. The molecule has 30 heavy (non-hydrogen) atoms. The summed E-state index contributed by atoms with van der Waals surface area (Å²) < 4.78 is 26.5. The van der Waals surface area contributed by atoms with E-state index in [1.54, 1.807) is 12.3 Å². The third-order valence-corrected chi connectivity index (χ3v) is 9.39. The Bertz CT molecular complexity index is 884. The van der Waals surface area contributed by atoms with E-state index in [0.717, 1.165) is 44.2 Å². The SMILES string of the molecule is C[C@]12CCNC(=O)CC1CCC1C2CC[C@]2(C)C(c3cncc(C(F)F)c3)=CCC12. The van der Waals surface area contributed by atoms with Crippen LogP contribution in [-0.2, 0) is 4.79 Å². The van der Waals surface area contributed by atoms with E-state index in [9.17, 15) is 13.6 Å². The minimum Gasteiger partial charge on any atom is -0.356 e. The highest BCUT2D eigenvalue weighted by Gasteiger charge is 2.58. The van der Waals surface area contributed by atoms with Crippen molar-refractivity contribution in [2.75, 3.05) is 6.54 Å². The van der Waals surface area contributed by atoms with Crippen LogP contribution in [0.1, 0.15) is 76.3 Å². The maximum absolute atomic E-state index is 13.3. The summed E-state index contributed by atoms with van der Waals surface area (Å²) in [5.41, 5.74) is 2.37. The van der Waals surface area contributed by atoms with Crippen molar-refractivity contribution in [2.45, 2.75) is 65.2 Å². The van der Waals surface area contributed by atoms with Crippen LogP contribution in [0.15, 0.2) is 24.5 Å². The molecule has 0 aromatic carbocycles. The summed E-state index contributed by atoms with van der Waals surface area (Å²) in [4.78, 5) is 16.3. The van der Waals surface area contributed by atoms with E-state index < -0.39 is 6.43 Å². The summed E-state index contributed by atoms with van der Waals surface area (Å²) in [5, 5.41) is 3.10. The van der Waals surface area contributed by atoms with E-state index in [1.807, 2.05) is 0 Å². The highest BCUT2D eigenvalue weighted by Crippen LogP contribution is 2.66. The Morgan fingerprint density at radius 3 is 2.77 bits per heavy atom. The van der Waals surface area contributed by atoms with Gasteiger partial charge in [0.05, 0.1) is 0 Å². The molecule has 2 heterocycles. The second-order valence-corrected chi connectivity index (χ2v) is 10.6. The predicted octanol–water partition coefficient (Wildman–Crippen LogP) is 5.78. The lowest BCUT2D eigenvalue weighted by molar-refractivity contribution is -0.124.